The summed E-state index contributed by atoms with van der Waals surface area (Å²) in [4.78, 5) is 38.0. The highest BCUT2D eigenvalue weighted by Crippen LogP contribution is 2.14. The van der Waals surface area contributed by atoms with Gasteiger partial charge in [-0.1, -0.05) is 229 Å². The SMILES string of the molecule is CC\C=C/C=C\C=C/CCCCCCCC(=O)OCC(COC(=O)CCCCCCC/C=C\CCCCCCCCCCC)OC(=O)CCCCC/C=C\C=C/CCCCCCCCC. The van der Waals surface area contributed by atoms with Gasteiger partial charge in [-0.05, 0) is 89.9 Å². The minimum absolute atomic E-state index is 0.0970. The van der Waals surface area contributed by atoms with E-state index < -0.39 is 6.10 Å². The monoisotopic (exact) mass is 907 g/mol. The second-order valence-corrected chi connectivity index (χ2v) is 18.2. The van der Waals surface area contributed by atoms with Crippen molar-refractivity contribution in [2.75, 3.05) is 13.2 Å². The summed E-state index contributed by atoms with van der Waals surface area (Å²) in [6, 6.07) is 0. The van der Waals surface area contributed by atoms with E-state index in [1.807, 2.05) is 0 Å². The molecule has 0 radical (unpaired) electrons. The van der Waals surface area contributed by atoms with E-state index in [9.17, 15) is 14.4 Å². The Kier molecular flexibility index (Phi) is 50.9. The molecule has 0 spiro atoms. The topological polar surface area (TPSA) is 78.9 Å². The van der Waals surface area contributed by atoms with Crippen molar-refractivity contribution < 1.29 is 28.6 Å². The second kappa shape index (κ2) is 53.5. The number of unbranched alkanes of at least 4 members (excludes halogenated alkanes) is 29. The zero-order valence-corrected chi connectivity index (χ0v) is 42.7. The molecule has 0 heterocycles. The highest BCUT2D eigenvalue weighted by molar-refractivity contribution is 5.71. The fourth-order valence-electron chi connectivity index (χ4n) is 7.60. The Morgan fingerprint density at radius 2 is 0.615 bits per heavy atom. The van der Waals surface area contributed by atoms with Gasteiger partial charge in [0, 0.05) is 19.3 Å². The van der Waals surface area contributed by atoms with Crippen LogP contribution in [0.5, 0.6) is 0 Å². The van der Waals surface area contributed by atoms with Crippen LogP contribution < -0.4 is 0 Å². The van der Waals surface area contributed by atoms with E-state index in [2.05, 4.69) is 93.7 Å². The Morgan fingerprint density at radius 3 is 1.00 bits per heavy atom. The van der Waals surface area contributed by atoms with Gasteiger partial charge in [0.05, 0.1) is 0 Å². The van der Waals surface area contributed by atoms with Crippen molar-refractivity contribution in [3.63, 3.8) is 0 Å². The van der Waals surface area contributed by atoms with Gasteiger partial charge in [0.1, 0.15) is 13.2 Å². The summed E-state index contributed by atoms with van der Waals surface area (Å²) in [5.41, 5.74) is 0. The normalized spacial score (nSPS) is 12.6. The summed E-state index contributed by atoms with van der Waals surface area (Å²) >= 11 is 0. The molecule has 0 aliphatic carbocycles. The van der Waals surface area contributed by atoms with Gasteiger partial charge >= 0.3 is 17.9 Å². The first-order chi connectivity index (χ1) is 32.0. The van der Waals surface area contributed by atoms with Crippen LogP contribution in [-0.4, -0.2) is 37.2 Å². The average molecular weight is 907 g/mol. The molecule has 0 aliphatic rings. The van der Waals surface area contributed by atoms with Crippen LogP contribution in [-0.2, 0) is 28.6 Å². The third-order valence-corrected chi connectivity index (χ3v) is 11.8. The van der Waals surface area contributed by atoms with Crippen molar-refractivity contribution in [3.05, 3.63) is 72.9 Å². The molecule has 0 aromatic carbocycles. The first-order valence-electron chi connectivity index (χ1n) is 27.5. The third kappa shape index (κ3) is 51.7. The van der Waals surface area contributed by atoms with Crippen molar-refractivity contribution in [2.24, 2.45) is 0 Å². The second-order valence-electron chi connectivity index (χ2n) is 18.2. The fraction of sp³-hybridized carbons (Fsp3) is 0.746. The minimum Gasteiger partial charge on any atom is -0.462 e. The maximum Gasteiger partial charge on any atom is 0.306 e. The van der Waals surface area contributed by atoms with Crippen molar-refractivity contribution in [2.45, 2.75) is 271 Å². The maximum absolute atomic E-state index is 12.8. The van der Waals surface area contributed by atoms with Crippen LogP contribution >= 0.6 is 0 Å². The molecule has 0 fully saturated rings. The first kappa shape index (κ1) is 61.9. The third-order valence-electron chi connectivity index (χ3n) is 11.8. The van der Waals surface area contributed by atoms with Gasteiger partial charge in [0.25, 0.3) is 0 Å². The molecular weight excluding hydrogens is 805 g/mol. The Balaban J connectivity index is 4.44. The van der Waals surface area contributed by atoms with Crippen LogP contribution in [0.25, 0.3) is 0 Å². The van der Waals surface area contributed by atoms with Crippen molar-refractivity contribution >= 4 is 17.9 Å². The predicted octanol–water partition coefficient (Wildman–Crippen LogP) is 18.2. The summed E-state index contributed by atoms with van der Waals surface area (Å²) < 4.78 is 16.8. The number of carbonyl (C=O) groups is 3. The molecule has 6 heteroatoms. The van der Waals surface area contributed by atoms with Gasteiger partial charge in [0.2, 0.25) is 0 Å². The molecule has 0 saturated carbocycles. The lowest BCUT2D eigenvalue weighted by molar-refractivity contribution is -0.167. The van der Waals surface area contributed by atoms with E-state index >= 15 is 0 Å². The van der Waals surface area contributed by atoms with Crippen molar-refractivity contribution in [1.29, 1.82) is 0 Å². The molecule has 0 bridgehead atoms. The summed E-state index contributed by atoms with van der Waals surface area (Å²) in [6.07, 6.45) is 67.5. The summed E-state index contributed by atoms with van der Waals surface area (Å²) in [5.74, 6) is -0.948. The minimum atomic E-state index is -0.801. The van der Waals surface area contributed by atoms with E-state index in [1.165, 1.54) is 122 Å². The van der Waals surface area contributed by atoms with Crippen molar-refractivity contribution in [3.8, 4) is 0 Å². The molecule has 0 N–H and O–H groups in total. The Bertz CT molecular complexity index is 1230. The van der Waals surface area contributed by atoms with Gasteiger partial charge in [0.15, 0.2) is 6.10 Å². The number of hydrogen-bond acceptors (Lipinski definition) is 6. The lowest BCUT2D eigenvalue weighted by Crippen LogP contribution is -2.30. The molecule has 374 valence electrons. The van der Waals surface area contributed by atoms with E-state index in [4.69, 9.17) is 14.2 Å². The van der Waals surface area contributed by atoms with Crippen molar-refractivity contribution in [1.82, 2.24) is 0 Å². The lowest BCUT2D eigenvalue weighted by atomic mass is 10.1. The highest BCUT2D eigenvalue weighted by Gasteiger charge is 2.19. The van der Waals surface area contributed by atoms with Gasteiger partial charge < -0.3 is 14.2 Å². The zero-order valence-electron chi connectivity index (χ0n) is 42.7. The predicted molar refractivity (Wildman–Crippen MR) is 279 cm³/mol. The molecule has 0 aromatic rings. The highest BCUT2D eigenvalue weighted by atomic mass is 16.6. The van der Waals surface area contributed by atoms with Gasteiger partial charge in [-0.15, -0.1) is 0 Å². The number of esters is 3. The number of ether oxygens (including phenoxy) is 3. The molecule has 0 saturated heterocycles. The molecular formula is C59H102O6. The van der Waals surface area contributed by atoms with Crippen LogP contribution in [0.2, 0.25) is 0 Å². The van der Waals surface area contributed by atoms with E-state index in [1.54, 1.807) is 0 Å². The fourth-order valence-corrected chi connectivity index (χ4v) is 7.60. The zero-order chi connectivity index (χ0) is 47.2. The maximum atomic E-state index is 12.8. The number of rotatable bonds is 49. The molecule has 0 aliphatic heterocycles. The van der Waals surface area contributed by atoms with Crippen LogP contribution in [0.1, 0.15) is 265 Å². The first-order valence-corrected chi connectivity index (χ1v) is 27.5. The molecule has 0 rings (SSSR count). The van der Waals surface area contributed by atoms with Crippen LogP contribution in [0, 0.1) is 0 Å². The molecule has 0 amide bonds. The van der Waals surface area contributed by atoms with Crippen LogP contribution in [0.3, 0.4) is 0 Å². The molecule has 1 unspecified atom stereocenters. The van der Waals surface area contributed by atoms with Gasteiger partial charge in [-0.2, -0.15) is 0 Å². The average Bonchev–Trinajstić information content (AvgIpc) is 3.30. The summed E-state index contributed by atoms with van der Waals surface area (Å²) in [6.45, 7) is 6.46. The standard InChI is InChI=1S/C59H102O6/c1-4-7-10-13-16-19-22-25-27-29-30-32-34-37-40-43-46-49-52-58(61)64-55-56(54-63-57(60)51-48-45-42-39-36-33-24-21-18-15-12-9-6-3)65-59(62)53-50-47-44-41-38-35-31-28-26-23-20-17-14-11-8-5-2/h9,12,15,18,21,24,28,30-32,35,38,56H,4-8,10-11,13-14,16-17,19-20,22-23,25-27,29,33-34,36-37,39-55H2,1-3H3/b12-9-,18-15-,24-21-,31-28-,32-30-,38-35-. The van der Waals surface area contributed by atoms with E-state index in [0.717, 1.165) is 103 Å². The smallest absolute Gasteiger partial charge is 0.306 e. The number of allylic oxidation sites excluding steroid dienone is 12. The lowest BCUT2D eigenvalue weighted by Gasteiger charge is -2.18. The number of hydrogen-bond donors (Lipinski definition) is 0. The largest absolute Gasteiger partial charge is 0.462 e. The van der Waals surface area contributed by atoms with E-state index in [0.29, 0.717) is 19.3 Å². The molecule has 65 heavy (non-hydrogen) atoms. The quantitative estimate of drug-likeness (QED) is 0.0199. The van der Waals surface area contributed by atoms with Crippen LogP contribution in [0.4, 0.5) is 0 Å². The van der Waals surface area contributed by atoms with Crippen LogP contribution in [0.15, 0.2) is 72.9 Å². The summed E-state index contributed by atoms with van der Waals surface area (Å²) in [5, 5.41) is 0. The van der Waals surface area contributed by atoms with Gasteiger partial charge in [-0.3, -0.25) is 14.4 Å². The van der Waals surface area contributed by atoms with E-state index in [-0.39, 0.29) is 31.1 Å². The molecule has 0 aromatic heterocycles. The number of carbonyl (C=O) groups excluding carboxylic acids is 3. The molecule has 6 nitrogen and oxygen atoms in total. The van der Waals surface area contributed by atoms with Gasteiger partial charge in [-0.25, -0.2) is 0 Å². The Hall–Kier alpha value is -3.15. The summed E-state index contributed by atoms with van der Waals surface area (Å²) in [7, 11) is 0. The Labute approximate surface area is 402 Å². The Morgan fingerprint density at radius 1 is 0.323 bits per heavy atom. The molecule has 1 atom stereocenters.